The molecule has 26 heavy (non-hydrogen) atoms. The van der Waals surface area contributed by atoms with E-state index in [2.05, 4.69) is 5.32 Å². The van der Waals surface area contributed by atoms with E-state index in [1.54, 1.807) is 0 Å². The van der Waals surface area contributed by atoms with E-state index < -0.39 is 23.5 Å². The number of nitrogens with two attached hydrogens (primary N) is 1. The molecule has 2 unspecified atom stereocenters. The monoisotopic (exact) mass is 369 g/mol. The normalized spacial score (nSPS) is 25.8. The van der Waals surface area contributed by atoms with Crippen LogP contribution in [0.3, 0.4) is 0 Å². The van der Waals surface area contributed by atoms with Crippen LogP contribution in [0.1, 0.15) is 31.2 Å². The summed E-state index contributed by atoms with van der Waals surface area (Å²) in [7, 11) is 0. The highest BCUT2D eigenvalue weighted by molar-refractivity contribution is 5.81. The number of benzene rings is 1. The summed E-state index contributed by atoms with van der Waals surface area (Å²) in [6.45, 7) is -0.0205. The van der Waals surface area contributed by atoms with Gasteiger partial charge >= 0.3 is 0 Å². The molecule has 2 bridgehead atoms. The van der Waals surface area contributed by atoms with Gasteiger partial charge in [0.1, 0.15) is 5.82 Å². The number of amides is 2. The number of halogens is 3. The first-order valence-electron chi connectivity index (χ1n) is 8.78. The molecule has 3 rings (SSSR count). The molecular weight excluding hydrogens is 347 g/mol. The zero-order valence-corrected chi connectivity index (χ0v) is 14.3. The van der Waals surface area contributed by atoms with Crippen LogP contribution in [0.25, 0.3) is 0 Å². The van der Waals surface area contributed by atoms with Crippen LogP contribution < -0.4 is 11.1 Å². The van der Waals surface area contributed by atoms with Crippen molar-refractivity contribution in [2.75, 3.05) is 6.54 Å². The lowest BCUT2D eigenvalue weighted by Crippen LogP contribution is -2.52. The molecule has 8 heteroatoms. The second kappa shape index (κ2) is 7.65. The Bertz CT molecular complexity index is 687. The number of nitrogens with zero attached hydrogens (tertiary/aromatic N) is 1. The van der Waals surface area contributed by atoms with Crippen molar-refractivity contribution in [2.45, 2.75) is 50.2 Å². The largest absolute Gasteiger partial charge is 0.350 e. The number of carbonyl (C=O) groups is 2. The van der Waals surface area contributed by atoms with Gasteiger partial charge in [-0.15, -0.1) is 0 Å². The molecule has 3 N–H and O–H groups in total. The molecule has 2 heterocycles. The molecule has 0 spiro atoms. The smallest absolute Gasteiger partial charge is 0.242 e. The van der Waals surface area contributed by atoms with Gasteiger partial charge in [0, 0.05) is 24.2 Å². The van der Waals surface area contributed by atoms with Crippen molar-refractivity contribution in [3.8, 4) is 0 Å². The quantitative estimate of drug-likeness (QED) is 0.589. The van der Waals surface area contributed by atoms with Gasteiger partial charge in [0.25, 0.3) is 0 Å². The van der Waals surface area contributed by atoms with Gasteiger partial charge in [-0.2, -0.15) is 0 Å². The average molecular weight is 369 g/mol. The minimum Gasteiger partial charge on any atom is -0.350 e. The van der Waals surface area contributed by atoms with E-state index in [1.165, 1.54) is 0 Å². The molecule has 0 aliphatic carbocycles. The number of carbonyl (C=O) groups excluding carboxylic acids is 2. The van der Waals surface area contributed by atoms with Gasteiger partial charge < -0.3 is 16.0 Å². The standard InChI is InChI=1S/C18H22F3N3O2/c19-14-7-16(21)15(20)5-10(14)6-17(22)11-3-12-1-2-13(4-11)24(12)18(26)8-23-9-25/h5,7,9,11-13,17H,1-4,6,8,22H2,(H,23,25)/t11?,12?,13?,17-/m1/s1. The Balaban J connectivity index is 1.65. The molecule has 1 aromatic carbocycles. The molecule has 0 radical (unpaired) electrons. The van der Waals surface area contributed by atoms with Crippen LogP contribution >= 0.6 is 0 Å². The van der Waals surface area contributed by atoms with Crippen LogP contribution in [-0.4, -0.2) is 41.9 Å². The Morgan fingerprint density at radius 2 is 1.81 bits per heavy atom. The van der Waals surface area contributed by atoms with E-state index in [1.807, 2.05) is 4.90 Å². The fourth-order valence-electron chi connectivity index (χ4n) is 4.34. The average Bonchev–Trinajstić information content (AvgIpc) is 2.87. The molecular formula is C18H22F3N3O2. The van der Waals surface area contributed by atoms with E-state index in [4.69, 9.17) is 5.73 Å². The lowest BCUT2D eigenvalue weighted by Gasteiger charge is -2.41. The third kappa shape index (κ3) is 3.70. The van der Waals surface area contributed by atoms with Gasteiger partial charge in [0.2, 0.25) is 12.3 Å². The number of hydrogen-bond donors (Lipinski definition) is 2. The van der Waals surface area contributed by atoms with Gasteiger partial charge in [0.15, 0.2) is 11.6 Å². The van der Waals surface area contributed by atoms with E-state index in [0.29, 0.717) is 25.3 Å². The number of fused-ring (bicyclic) bond motifs is 2. The maximum Gasteiger partial charge on any atom is 0.242 e. The fraction of sp³-hybridized carbons (Fsp3) is 0.556. The lowest BCUT2D eigenvalue weighted by atomic mass is 9.82. The zero-order valence-electron chi connectivity index (χ0n) is 14.3. The third-order valence-corrected chi connectivity index (χ3v) is 5.54. The Labute approximate surface area is 149 Å². The van der Waals surface area contributed by atoms with E-state index in [9.17, 15) is 22.8 Å². The lowest BCUT2D eigenvalue weighted by molar-refractivity contribution is -0.136. The van der Waals surface area contributed by atoms with Crippen molar-refractivity contribution in [3.63, 3.8) is 0 Å². The second-order valence-corrected chi connectivity index (χ2v) is 7.14. The summed E-state index contributed by atoms with van der Waals surface area (Å²) >= 11 is 0. The molecule has 2 saturated heterocycles. The van der Waals surface area contributed by atoms with Crippen LogP contribution in [0.2, 0.25) is 0 Å². The number of rotatable bonds is 6. The highest BCUT2D eigenvalue weighted by atomic mass is 19.2. The zero-order chi connectivity index (χ0) is 18.8. The summed E-state index contributed by atoms with van der Waals surface area (Å²) in [4.78, 5) is 24.5. The van der Waals surface area contributed by atoms with Gasteiger partial charge in [-0.3, -0.25) is 9.59 Å². The molecule has 2 aliphatic heterocycles. The van der Waals surface area contributed by atoms with Crippen molar-refractivity contribution in [1.82, 2.24) is 10.2 Å². The first-order valence-corrected chi connectivity index (χ1v) is 8.78. The molecule has 5 nitrogen and oxygen atoms in total. The number of nitrogens with one attached hydrogen (secondary N) is 1. The molecule has 0 aromatic heterocycles. The predicted octanol–water partition coefficient (Wildman–Crippen LogP) is 1.49. The Hall–Kier alpha value is -2.09. The molecule has 3 atom stereocenters. The van der Waals surface area contributed by atoms with E-state index in [-0.39, 0.29) is 42.4 Å². The SMILES string of the molecule is N[C@H](Cc1cc(F)c(F)cc1F)C1CC2CCC(C1)N2C(=O)CNC=O. The van der Waals surface area contributed by atoms with Gasteiger partial charge in [-0.05, 0) is 49.7 Å². The number of piperidine rings is 1. The minimum absolute atomic E-state index is 0.0205. The van der Waals surface area contributed by atoms with Crippen molar-refractivity contribution in [1.29, 1.82) is 0 Å². The molecule has 2 amide bonds. The molecule has 2 fully saturated rings. The van der Waals surface area contributed by atoms with Crippen molar-refractivity contribution in [2.24, 2.45) is 11.7 Å². The Kier molecular flexibility index (Phi) is 5.50. The maximum atomic E-state index is 13.9. The Morgan fingerprint density at radius 3 is 2.42 bits per heavy atom. The van der Waals surface area contributed by atoms with Crippen molar-refractivity contribution in [3.05, 3.63) is 35.1 Å². The van der Waals surface area contributed by atoms with Crippen molar-refractivity contribution < 1.29 is 22.8 Å². The van der Waals surface area contributed by atoms with E-state index in [0.717, 1.165) is 18.9 Å². The van der Waals surface area contributed by atoms with Crippen molar-refractivity contribution >= 4 is 12.3 Å². The summed E-state index contributed by atoms with van der Waals surface area (Å²) < 4.78 is 40.3. The predicted molar refractivity (Wildman–Crippen MR) is 88.4 cm³/mol. The molecule has 142 valence electrons. The number of hydrogen-bond acceptors (Lipinski definition) is 3. The summed E-state index contributed by atoms with van der Waals surface area (Å²) in [6, 6.07) is 1.12. The first-order chi connectivity index (χ1) is 12.4. The van der Waals surface area contributed by atoms with Gasteiger partial charge in [-0.25, -0.2) is 13.2 Å². The third-order valence-electron chi connectivity index (χ3n) is 5.54. The van der Waals surface area contributed by atoms with Crippen LogP contribution in [0.4, 0.5) is 13.2 Å². The fourth-order valence-corrected chi connectivity index (χ4v) is 4.34. The van der Waals surface area contributed by atoms with Crippen LogP contribution in [0.5, 0.6) is 0 Å². The minimum atomic E-state index is -1.21. The van der Waals surface area contributed by atoms with Crippen LogP contribution in [0, 0.1) is 23.4 Å². The van der Waals surface area contributed by atoms with Gasteiger partial charge in [-0.1, -0.05) is 0 Å². The van der Waals surface area contributed by atoms with Crippen LogP contribution in [0.15, 0.2) is 12.1 Å². The highest BCUT2D eigenvalue weighted by Crippen LogP contribution is 2.40. The summed E-state index contributed by atoms with van der Waals surface area (Å²) in [6.07, 6.45) is 3.75. The summed E-state index contributed by atoms with van der Waals surface area (Å²) in [5.74, 6) is -3.13. The molecule has 0 saturated carbocycles. The molecule has 1 aromatic rings. The summed E-state index contributed by atoms with van der Waals surface area (Å²) in [5.41, 5.74) is 6.31. The highest BCUT2D eigenvalue weighted by Gasteiger charge is 2.44. The Morgan fingerprint density at radius 1 is 1.19 bits per heavy atom. The van der Waals surface area contributed by atoms with Gasteiger partial charge in [0.05, 0.1) is 6.54 Å². The van der Waals surface area contributed by atoms with Crippen LogP contribution in [-0.2, 0) is 16.0 Å². The maximum absolute atomic E-state index is 13.9. The molecule has 2 aliphatic rings. The summed E-state index contributed by atoms with van der Waals surface area (Å²) in [5, 5.41) is 2.39. The second-order valence-electron chi connectivity index (χ2n) is 7.14. The first kappa shape index (κ1) is 18.7. The topological polar surface area (TPSA) is 75.4 Å². The van der Waals surface area contributed by atoms with E-state index >= 15 is 0 Å².